The van der Waals surface area contributed by atoms with Gasteiger partial charge in [0.15, 0.2) is 0 Å². The summed E-state index contributed by atoms with van der Waals surface area (Å²) in [6.07, 6.45) is 2.23. The molecule has 5 rings (SSSR count). The van der Waals surface area contributed by atoms with E-state index in [-0.39, 0.29) is 35.7 Å². The molecule has 3 aromatic rings. The molecule has 202 valence electrons. The van der Waals surface area contributed by atoms with Crippen molar-refractivity contribution in [1.82, 2.24) is 5.32 Å². The maximum Gasteiger partial charge on any atom is 0.258 e. The fourth-order valence-electron chi connectivity index (χ4n) is 5.68. The molecule has 0 aliphatic carbocycles. The van der Waals surface area contributed by atoms with Gasteiger partial charge in [0.25, 0.3) is 5.91 Å². The summed E-state index contributed by atoms with van der Waals surface area (Å²) in [7, 11) is 0. The van der Waals surface area contributed by atoms with Crippen LogP contribution in [0.4, 0.5) is 17.1 Å². The Morgan fingerprint density at radius 3 is 2.28 bits per heavy atom. The van der Waals surface area contributed by atoms with Crippen LogP contribution < -0.4 is 20.4 Å². The van der Waals surface area contributed by atoms with E-state index in [1.165, 1.54) is 0 Å². The zero-order valence-corrected chi connectivity index (χ0v) is 22.9. The first-order chi connectivity index (χ1) is 18.8. The van der Waals surface area contributed by atoms with E-state index in [9.17, 15) is 14.4 Å². The Labute approximate surface area is 234 Å². The maximum absolute atomic E-state index is 13.8. The Bertz CT molecular complexity index is 1350. The molecular weight excluding hydrogens is 512 g/mol. The number of carbonyl (C=O) groups is 3. The first-order valence-corrected chi connectivity index (χ1v) is 13.8. The third-order valence-corrected chi connectivity index (χ3v) is 7.90. The number of anilines is 3. The first kappa shape index (κ1) is 26.9. The van der Waals surface area contributed by atoms with Crippen LogP contribution in [0.25, 0.3) is 0 Å². The van der Waals surface area contributed by atoms with Gasteiger partial charge in [-0.25, -0.2) is 0 Å². The van der Waals surface area contributed by atoms with E-state index >= 15 is 0 Å². The average molecular weight is 545 g/mol. The van der Waals surface area contributed by atoms with Crippen LogP contribution in [-0.4, -0.2) is 36.9 Å². The number of nitrogens with one attached hydrogen (secondary N) is 2. The van der Waals surface area contributed by atoms with Gasteiger partial charge in [0.05, 0.1) is 6.04 Å². The zero-order chi connectivity index (χ0) is 27.5. The third kappa shape index (κ3) is 5.70. The molecule has 0 saturated carbocycles. The van der Waals surface area contributed by atoms with E-state index in [0.717, 1.165) is 42.9 Å². The Morgan fingerprint density at radius 2 is 1.62 bits per heavy atom. The predicted molar refractivity (Wildman–Crippen MR) is 155 cm³/mol. The van der Waals surface area contributed by atoms with Gasteiger partial charge < -0.3 is 20.4 Å². The van der Waals surface area contributed by atoms with Gasteiger partial charge in [-0.3, -0.25) is 14.4 Å². The van der Waals surface area contributed by atoms with Gasteiger partial charge in [0.2, 0.25) is 11.8 Å². The van der Waals surface area contributed by atoms with Crippen LogP contribution in [0.5, 0.6) is 0 Å². The lowest BCUT2D eigenvalue weighted by atomic mass is 9.89. The largest absolute Gasteiger partial charge is 0.326 e. The normalized spacial score (nSPS) is 19.2. The van der Waals surface area contributed by atoms with Crippen LogP contribution in [0.2, 0.25) is 5.02 Å². The summed E-state index contributed by atoms with van der Waals surface area (Å²) in [5.41, 5.74) is 3.69. The van der Waals surface area contributed by atoms with Crippen molar-refractivity contribution in [3.8, 4) is 0 Å². The molecule has 0 spiro atoms. The third-order valence-electron chi connectivity index (χ3n) is 7.64. The number of piperidine rings is 1. The van der Waals surface area contributed by atoms with Crippen LogP contribution in [0, 0.1) is 5.92 Å². The van der Waals surface area contributed by atoms with E-state index in [1.807, 2.05) is 48.2 Å². The molecule has 3 amide bonds. The van der Waals surface area contributed by atoms with Crippen LogP contribution in [0.1, 0.15) is 55.1 Å². The van der Waals surface area contributed by atoms with Gasteiger partial charge in [-0.1, -0.05) is 29.8 Å². The van der Waals surface area contributed by atoms with Gasteiger partial charge >= 0.3 is 0 Å². The van der Waals surface area contributed by atoms with Gasteiger partial charge in [-0.15, -0.1) is 0 Å². The van der Waals surface area contributed by atoms with Crippen molar-refractivity contribution < 1.29 is 14.4 Å². The van der Waals surface area contributed by atoms with E-state index in [0.29, 0.717) is 22.7 Å². The number of hydrogen-bond acceptors (Lipinski definition) is 4. The van der Waals surface area contributed by atoms with Crippen LogP contribution in [-0.2, 0) is 9.59 Å². The molecule has 39 heavy (non-hydrogen) atoms. The molecule has 0 aromatic heterocycles. The number of amides is 3. The summed E-state index contributed by atoms with van der Waals surface area (Å²) < 4.78 is 0. The minimum Gasteiger partial charge on any atom is -0.326 e. The molecule has 1 saturated heterocycles. The molecule has 0 radical (unpaired) electrons. The number of hydrogen-bond donors (Lipinski definition) is 2. The topological polar surface area (TPSA) is 81.8 Å². The van der Waals surface area contributed by atoms with Crippen molar-refractivity contribution in [2.75, 3.05) is 28.2 Å². The van der Waals surface area contributed by atoms with Crippen molar-refractivity contribution in [2.24, 2.45) is 5.92 Å². The summed E-state index contributed by atoms with van der Waals surface area (Å²) in [6.45, 7) is 5.27. The van der Waals surface area contributed by atoms with Crippen molar-refractivity contribution in [1.29, 1.82) is 0 Å². The molecule has 1 fully saturated rings. The molecule has 8 heteroatoms. The van der Waals surface area contributed by atoms with E-state index in [1.54, 1.807) is 48.2 Å². The summed E-state index contributed by atoms with van der Waals surface area (Å²) >= 11 is 6.10. The summed E-state index contributed by atoms with van der Waals surface area (Å²) in [5, 5.41) is 6.87. The predicted octanol–water partition coefficient (Wildman–Crippen LogP) is 5.81. The fourth-order valence-corrected chi connectivity index (χ4v) is 5.81. The summed E-state index contributed by atoms with van der Waals surface area (Å²) in [4.78, 5) is 42.9. The van der Waals surface area contributed by atoms with E-state index in [4.69, 9.17) is 11.6 Å². The Morgan fingerprint density at radius 1 is 0.949 bits per heavy atom. The maximum atomic E-state index is 13.8. The summed E-state index contributed by atoms with van der Waals surface area (Å²) in [6, 6.07) is 21.7. The van der Waals surface area contributed by atoms with Gasteiger partial charge in [0, 0.05) is 46.5 Å². The van der Waals surface area contributed by atoms with Gasteiger partial charge in [-0.05, 0) is 99.4 Å². The first-order valence-electron chi connectivity index (χ1n) is 13.4. The second-order valence-corrected chi connectivity index (χ2v) is 10.7. The Kier molecular flexibility index (Phi) is 8.00. The lowest BCUT2D eigenvalue weighted by Gasteiger charge is -2.43. The fraction of sp³-hybridized carbons (Fsp3) is 0.323. The molecule has 0 bridgehead atoms. The van der Waals surface area contributed by atoms with Gasteiger partial charge in [-0.2, -0.15) is 0 Å². The number of benzene rings is 3. The molecule has 2 unspecified atom stereocenters. The standard InChI is InChI=1S/C31H33ClN4O3/c1-20-19-29(36(21(2)37)26-13-9-24(32)10-14-26)27-5-3-4-6-28(27)35(20)31(39)23-7-11-25(12-8-23)34-30(38)22-15-17-33-18-16-22/h3-14,20,22,29,33H,15-19H2,1-2H3,(H,34,38). The van der Waals surface area contributed by atoms with Crippen molar-refractivity contribution >= 4 is 46.4 Å². The van der Waals surface area contributed by atoms with E-state index in [2.05, 4.69) is 10.6 Å². The molecular formula is C31H33ClN4O3. The Balaban J connectivity index is 1.39. The van der Waals surface area contributed by atoms with Crippen LogP contribution in [0.15, 0.2) is 72.8 Å². The highest BCUT2D eigenvalue weighted by molar-refractivity contribution is 6.30. The monoisotopic (exact) mass is 544 g/mol. The molecule has 2 aliphatic rings. The minimum absolute atomic E-state index is 0.00801. The average Bonchev–Trinajstić information content (AvgIpc) is 2.94. The van der Waals surface area contributed by atoms with Crippen LogP contribution >= 0.6 is 11.6 Å². The van der Waals surface area contributed by atoms with Crippen LogP contribution in [0.3, 0.4) is 0 Å². The molecule has 2 N–H and O–H groups in total. The molecule has 3 aromatic carbocycles. The van der Waals surface area contributed by atoms with Crippen molar-refractivity contribution in [3.05, 3.63) is 88.9 Å². The second kappa shape index (κ2) is 11.6. The minimum atomic E-state index is -0.230. The lowest BCUT2D eigenvalue weighted by Crippen LogP contribution is -2.47. The van der Waals surface area contributed by atoms with Gasteiger partial charge in [0.1, 0.15) is 0 Å². The quantitative estimate of drug-likeness (QED) is 0.424. The lowest BCUT2D eigenvalue weighted by molar-refractivity contribution is -0.120. The number of fused-ring (bicyclic) bond motifs is 1. The molecule has 2 heterocycles. The van der Waals surface area contributed by atoms with Crippen molar-refractivity contribution in [2.45, 2.75) is 45.2 Å². The highest BCUT2D eigenvalue weighted by Crippen LogP contribution is 2.43. The zero-order valence-electron chi connectivity index (χ0n) is 22.2. The summed E-state index contributed by atoms with van der Waals surface area (Å²) in [5.74, 6) is -0.165. The number of para-hydroxylation sites is 1. The number of halogens is 1. The number of carbonyl (C=O) groups excluding carboxylic acids is 3. The molecule has 2 aliphatic heterocycles. The second-order valence-electron chi connectivity index (χ2n) is 10.3. The number of rotatable bonds is 5. The number of nitrogens with zero attached hydrogens (tertiary/aromatic N) is 2. The molecule has 2 atom stereocenters. The SMILES string of the molecule is CC(=O)N(c1ccc(Cl)cc1)C1CC(C)N(C(=O)c2ccc(NC(=O)C3CCNCC3)cc2)c2ccccc21. The van der Waals surface area contributed by atoms with Crippen molar-refractivity contribution in [3.63, 3.8) is 0 Å². The Hall–Kier alpha value is -3.68. The molecule has 7 nitrogen and oxygen atoms in total. The smallest absolute Gasteiger partial charge is 0.258 e. The van der Waals surface area contributed by atoms with E-state index < -0.39 is 0 Å². The highest BCUT2D eigenvalue weighted by atomic mass is 35.5. The highest BCUT2D eigenvalue weighted by Gasteiger charge is 2.38.